The Labute approximate surface area is 88.4 Å². The van der Waals surface area contributed by atoms with Gasteiger partial charge in [0.05, 0.1) is 12.6 Å². The predicted octanol–water partition coefficient (Wildman–Crippen LogP) is 1.35. The van der Waals surface area contributed by atoms with Crippen LogP contribution in [0.1, 0.15) is 18.4 Å². The van der Waals surface area contributed by atoms with Gasteiger partial charge in [-0.15, -0.1) is 11.3 Å². The summed E-state index contributed by atoms with van der Waals surface area (Å²) in [6.45, 7) is 4.94. The summed E-state index contributed by atoms with van der Waals surface area (Å²) < 4.78 is 0. The predicted molar refractivity (Wildman–Crippen MR) is 57.2 cm³/mol. The molecule has 0 spiro atoms. The van der Waals surface area contributed by atoms with Gasteiger partial charge in [-0.05, 0) is 25.8 Å². The van der Waals surface area contributed by atoms with E-state index < -0.39 is 0 Å². The van der Waals surface area contributed by atoms with Crippen molar-refractivity contribution in [2.24, 2.45) is 5.92 Å². The van der Waals surface area contributed by atoms with Gasteiger partial charge in [0.15, 0.2) is 0 Å². The zero-order valence-corrected chi connectivity index (χ0v) is 9.20. The maximum atomic E-state index is 9.46. The van der Waals surface area contributed by atoms with Gasteiger partial charge in [-0.1, -0.05) is 0 Å². The molecule has 3 nitrogen and oxygen atoms in total. The van der Waals surface area contributed by atoms with E-state index in [1.54, 1.807) is 11.3 Å². The minimum atomic E-state index is -0.170. The van der Waals surface area contributed by atoms with Crippen molar-refractivity contribution < 1.29 is 5.11 Å². The Morgan fingerprint density at radius 2 is 2.64 bits per heavy atom. The zero-order valence-electron chi connectivity index (χ0n) is 8.39. The number of aliphatic hydroxyl groups excluding tert-OH is 1. The first-order valence-corrected chi connectivity index (χ1v) is 5.92. The molecule has 2 atom stereocenters. The zero-order chi connectivity index (χ0) is 9.97. The van der Waals surface area contributed by atoms with Crippen LogP contribution in [0.15, 0.2) is 11.6 Å². The van der Waals surface area contributed by atoms with Gasteiger partial charge in [0, 0.05) is 18.1 Å². The van der Waals surface area contributed by atoms with Gasteiger partial charge in [-0.25, -0.2) is 4.98 Å². The van der Waals surface area contributed by atoms with Crippen LogP contribution in [0, 0.1) is 5.92 Å². The minimum Gasteiger partial charge on any atom is -0.393 e. The van der Waals surface area contributed by atoms with Crippen LogP contribution >= 0.6 is 11.3 Å². The molecule has 1 aromatic heterocycles. The molecule has 2 rings (SSSR count). The van der Waals surface area contributed by atoms with Crippen molar-refractivity contribution in [1.82, 2.24) is 9.88 Å². The number of aromatic nitrogens is 1. The van der Waals surface area contributed by atoms with Crippen molar-refractivity contribution >= 4 is 11.3 Å². The number of likely N-dealkylation sites (tertiary alicyclic amines) is 1. The fraction of sp³-hybridized carbons (Fsp3) is 0.700. The first-order chi connectivity index (χ1) is 6.75. The van der Waals surface area contributed by atoms with Crippen molar-refractivity contribution in [3.05, 3.63) is 16.6 Å². The van der Waals surface area contributed by atoms with Gasteiger partial charge >= 0.3 is 0 Å². The molecule has 4 heteroatoms. The van der Waals surface area contributed by atoms with Crippen molar-refractivity contribution in [1.29, 1.82) is 0 Å². The van der Waals surface area contributed by atoms with Crippen molar-refractivity contribution in [3.8, 4) is 0 Å². The lowest BCUT2D eigenvalue weighted by atomic mass is 10.0. The molecule has 1 aliphatic heterocycles. The summed E-state index contributed by atoms with van der Waals surface area (Å²) in [5.41, 5.74) is 0. The summed E-state index contributed by atoms with van der Waals surface area (Å²) in [5.74, 6) is 0.454. The van der Waals surface area contributed by atoms with Gasteiger partial charge < -0.3 is 5.11 Å². The fourth-order valence-corrected chi connectivity index (χ4v) is 2.58. The number of aliphatic hydroxyl groups is 1. The normalized spacial score (nSPS) is 25.4. The molecule has 1 aliphatic rings. The van der Waals surface area contributed by atoms with E-state index in [0.717, 1.165) is 26.1 Å². The molecule has 0 aliphatic carbocycles. The third-order valence-corrected chi connectivity index (χ3v) is 3.60. The molecule has 0 saturated carbocycles. The summed E-state index contributed by atoms with van der Waals surface area (Å²) in [7, 11) is 0. The molecule has 1 N–H and O–H groups in total. The van der Waals surface area contributed by atoms with Crippen molar-refractivity contribution in [3.63, 3.8) is 0 Å². The van der Waals surface area contributed by atoms with Crippen LogP contribution in [0.3, 0.4) is 0 Å². The molecule has 0 radical (unpaired) electrons. The number of nitrogens with zero attached hydrogens (tertiary/aromatic N) is 2. The number of thiazole rings is 1. The highest BCUT2D eigenvalue weighted by Gasteiger charge is 2.25. The molecule has 0 aromatic carbocycles. The third kappa shape index (κ3) is 2.32. The van der Waals surface area contributed by atoms with Crippen molar-refractivity contribution in [2.75, 3.05) is 13.1 Å². The molecule has 1 saturated heterocycles. The second kappa shape index (κ2) is 4.38. The van der Waals surface area contributed by atoms with Crippen LogP contribution in [-0.2, 0) is 6.54 Å². The van der Waals surface area contributed by atoms with Gasteiger partial charge in [-0.3, -0.25) is 4.90 Å². The first-order valence-electron chi connectivity index (χ1n) is 5.04. The second-order valence-corrected chi connectivity index (χ2v) is 4.93. The van der Waals surface area contributed by atoms with Gasteiger partial charge in [0.2, 0.25) is 0 Å². The number of hydrogen-bond acceptors (Lipinski definition) is 4. The quantitative estimate of drug-likeness (QED) is 0.821. The summed E-state index contributed by atoms with van der Waals surface area (Å²) in [6.07, 6.45) is 2.79. The summed E-state index contributed by atoms with van der Waals surface area (Å²) in [4.78, 5) is 6.64. The monoisotopic (exact) mass is 212 g/mol. The molecule has 0 bridgehead atoms. The summed E-state index contributed by atoms with van der Waals surface area (Å²) in [6, 6.07) is 0. The lowest BCUT2D eigenvalue weighted by molar-refractivity contribution is 0.127. The average molecular weight is 212 g/mol. The summed E-state index contributed by atoms with van der Waals surface area (Å²) in [5, 5.41) is 12.6. The van der Waals surface area contributed by atoms with E-state index in [4.69, 9.17) is 0 Å². The Bertz CT molecular complexity index is 274. The average Bonchev–Trinajstić information content (AvgIpc) is 2.75. The number of rotatable bonds is 3. The van der Waals surface area contributed by atoms with Crippen molar-refractivity contribution in [2.45, 2.75) is 26.0 Å². The van der Waals surface area contributed by atoms with E-state index in [2.05, 4.69) is 9.88 Å². The number of hydrogen-bond donors (Lipinski definition) is 1. The molecule has 2 unspecified atom stereocenters. The Hall–Kier alpha value is -0.450. The highest BCUT2D eigenvalue weighted by Crippen LogP contribution is 2.21. The van der Waals surface area contributed by atoms with Crippen LogP contribution < -0.4 is 0 Å². The first kappa shape index (κ1) is 10.1. The highest BCUT2D eigenvalue weighted by atomic mass is 32.1. The largest absolute Gasteiger partial charge is 0.393 e. The standard InChI is InChI=1S/C10H16N2OS/c1-8(13)9-2-4-12(6-9)7-10-11-3-5-14-10/h3,5,8-9,13H,2,4,6-7H2,1H3. The molecule has 0 amide bonds. The van der Waals surface area contributed by atoms with E-state index in [0.29, 0.717) is 5.92 Å². The molecular formula is C10H16N2OS. The molecule has 1 fully saturated rings. The maximum absolute atomic E-state index is 9.46. The molecule has 2 heterocycles. The minimum absolute atomic E-state index is 0.170. The van der Waals surface area contributed by atoms with E-state index >= 15 is 0 Å². The van der Waals surface area contributed by atoms with Crippen LogP contribution in [0.4, 0.5) is 0 Å². The maximum Gasteiger partial charge on any atom is 0.107 e. The Morgan fingerprint density at radius 3 is 3.21 bits per heavy atom. The fourth-order valence-electron chi connectivity index (χ4n) is 1.92. The topological polar surface area (TPSA) is 36.4 Å². The Morgan fingerprint density at radius 1 is 1.79 bits per heavy atom. The van der Waals surface area contributed by atoms with E-state index in [1.807, 2.05) is 18.5 Å². The van der Waals surface area contributed by atoms with Crippen LogP contribution in [0.5, 0.6) is 0 Å². The highest BCUT2D eigenvalue weighted by molar-refractivity contribution is 7.09. The van der Waals surface area contributed by atoms with Crippen LogP contribution in [-0.4, -0.2) is 34.2 Å². The lowest BCUT2D eigenvalue weighted by Gasteiger charge is -2.15. The second-order valence-electron chi connectivity index (χ2n) is 3.95. The van der Waals surface area contributed by atoms with Gasteiger partial charge in [0.1, 0.15) is 5.01 Å². The molecule has 14 heavy (non-hydrogen) atoms. The van der Waals surface area contributed by atoms with Gasteiger partial charge in [0.25, 0.3) is 0 Å². The molecule has 1 aromatic rings. The Balaban J connectivity index is 1.84. The molecular weight excluding hydrogens is 196 g/mol. The van der Waals surface area contributed by atoms with Crippen LogP contribution in [0.2, 0.25) is 0 Å². The SMILES string of the molecule is CC(O)C1CCN(Cc2nccs2)C1. The lowest BCUT2D eigenvalue weighted by Crippen LogP contribution is -2.23. The smallest absolute Gasteiger partial charge is 0.107 e. The van der Waals surface area contributed by atoms with E-state index in [-0.39, 0.29) is 6.10 Å². The van der Waals surface area contributed by atoms with Gasteiger partial charge in [-0.2, -0.15) is 0 Å². The molecule has 78 valence electrons. The van der Waals surface area contributed by atoms with E-state index in [1.165, 1.54) is 5.01 Å². The third-order valence-electron chi connectivity index (χ3n) is 2.83. The van der Waals surface area contributed by atoms with E-state index in [9.17, 15) is 5.11 Å². The summed E-state index contributed by atoms with van der Waals surface area (Å²) >= 11 is 1.70. The van der Waals surface area contributed by atoms with Crippen LogP contribution in [0.25, 0.3) is 0 Å². The Kier molecular flexibility index (Phi) is 3.15.